The number of anilines is 1. The van der Waals surface area contributed by atoms with E-state index in [4.69, 9.17) is 10.8 Å². The first-order chi connectivity index (χ1) is 13.6. The summed E-state index contributed by atoms with van der Waals surface area (Å²) in [5.74, 6) is -0.974. The zero-order valence-electron chi connectivity index (χ0n) is 15.7. The largest absolute Gasteiger partial charge is 0.480 e. The molecule has 1 aliphatic heterocycles. The Hall–Kier alpha value is -3.11. The van der Waals surface area contributed by atoms with Gasteiger partial charge in [-0.2, -0.15) is 0 Å². The fourth-order valence-electron chi connectivity index (χ4n) is 3.82. The van der Waals surface area contributed by atoms with Crippen molar-refractivity contribution in [3.8, 4) is 11.1 Å². The Morgan fingerprint density at radius 2 is 1.68 bits per heavy atom. The molecule has 0 aromatic heterocycles. The molecule has 0 radical (unpaired) electrons. The van der Waals surface area contributed by atoms with E-state index >= 15 is 0 Å². The number of aliphatic carboxylic acids is 1. The first-order valence-corrected chi connectivity index (χ1v) is 9.59. The molecule has 4 rings (SSSR count). The molecule has 1 heterocycles. The van der Waals surface area contributed by atoms with Gasteiger partial charge in [-0.1, -0.05) is 60.7 Å². The molecule has 0 saturated carbocycles. The number of rotatable bonds is 5. The molecule has 3 N–H and O–H groups in total. The summed E-state index contributed by atoms with van der Waals surface area (Å²) in [5, 5.41) is 9.05. The maximum Gasteiger partial charge on any atom is 0.320 e. The number of benzene rings is 3. The van der Waals surface area contributed by atoms with Gasteiger partial charge < -0.3 is 15.7 Å². The second-order valence-corrected chi connectivity index (χ2v) is 7.34. The van der Waals surface area contributed by atoms with Crippen LogP contribution in [-0.4, -0.2) is 23.7 Å². The van der Waals surface area contributed by atoms with E-state index in [2.05, 4.69) is 59.5 Å². The van der Waals surface area contributed by atoms with E-state index in [0.717, 1.165) is 36.2 Å². The molecule has 142 valence electrons. The number of carboxylic acids is 1. The minimum Gasteiger partial charge on any atom is -0.480 e. The van der Waals surface area contributed by atoms with E-state index in [0.29, 0.717) is 6.42 Å². The smallest absolute Gasteiger partial charge is 0.320 e. The lowest BCUT2D eigenvalue weighted by Gasteiger charge is -2.31. The molecule has 3 aromatic rings. The summed E-state index contributed by atoms with van der Waals surface area (Å²) in [6.45, 7) is 1.93. The van der Waals surface area contributed by atoms with Gasteiger partial charge in [0.05, 0.1) is 0 Å². The standard InChI is InChI=1S/C24H24N2O2/c25-23(24(27)28)14-17-5-3-8-19(13-17)20-9-4-10-22(15-20)26-12-11-18-6-1-2-7-21(18)16-26/h1-10,13,15,23H,11-12,14,16,25H2,(H,27,28). The fourth-order valence-corrected chi connectivity index (χ4v) is 3.82. The Morgan fingerprint density at radius 1 is 0.964 bits per heavy atom. The Morgan fingerprint density at radius 3 is 2.46 bits per heavy atom. The van der Waals surface area contributed by atoms with Crippen LogP contribution in [-0.2, 0) is 24.2 Å². The monoisotopic (exact) mass is 372 g/mol. The van der Waals surface area contributed by atoms with E-state index in [1.807, 2.05) is 18.2 Å². The normalized spacial score (nSPS) is 14.4. The van der Waals surface area contributed by atoms with Crippen LogP contribution < -0.4 is 10.6 Å². The maximum absolute atomic E-state index is 11.0. The molecular formula is C24H24N2O2. The SMILES string of the molecule is NC(Cc1cccc(-c2cccc(N3CCc4ccccc4C3)c2)c1)C(=O)O. The zero-order chi connectivity index (χ0) is 19.5. The number of carbonyl (C=O) groups is 1. The van der Waals surface area contributed by atoms with Crippen molar-refractivity contribution >= 4 is 11.7 Å². The molecule has 4 heteroatoms. The number of nitrogens with two attached hydrogens (primary N) is 1. The van der Waals surface area contributed by atoms with Crippen LogP contribution in [0.1, 0.15) is 16.7 Å². The lowest BCUT2D eigenvalue weighted by atomic mass is 9.97. The minimum absolute atomic E-state index is 0.325. The topological polar surface area (TPSA) is 66.6 Å². The van der Waals surface area contributed by atoms with Gasteiger partial charge >= 0.3 is 5.97 Å². The number of carboxylic acid groups (broad SMARTS) is 1. The van der Waals surface area contributed by atoms with Crippen molar-refractivity contribution in [2.45, 2.75) is 25.4 Å². The van der Waals surface area contributed by atoms with Crippen LogP contribution in [0.5, 0.6) is 0 Å². The van der Waals surface area contributed by atoms with Crippen molar-refractivity contribution < 1.29 is 9.90 Å². The molecule has 0 bridgehead atoms. The predicted octanol–water partition coefficient (Wildman–Crippen LogP) is 3.87. The highest BCUT2D eigenvalue weighted by atomic mass is 16.4. The van der Waals surface area contributed by atoms with Gasteiger partial charge in [-0.3, -0.25) is 4.79 Å². The average molecular weight is 372 g/mol. The van der Waals surface area contributed by atoms with Crippen LogP contribution >= 0.6 is 0 Å². The van der Waals surface area contributed by atoms with Gasteiger partial charge in [0, 0.05) is 18.8 Å². The van der Waals surface area contributed by atoms with Gasteiger partial charge in [0.15, 0.2) is 0 Å². The highest BCUT2D eigenvalue weighted by Crippen LogP contribution is 2.29. The van der Waals surface area contributed by atoms with Gasteiger partial charge in [-0.25, -0.2) is 0 Å². The summed E-state index contributed by atoms with van der Waals surface area (Å²) in [6, 6.07) is 24.3. The van der Waals surface area contributed by atoms with Gasteiger partial charge in [0.2, 0.25) is 0 Å². The van der Waals surface area contributed by atoms with Crippen molar-refractivity contribution in [3.63, 3.8) is 0 Å². The van der Waals surface area contributed by atoms with Crippen LogP contribution in [0, 0.1) is 0 Å². The van der Waals surface area contributed by atoms with E-state index in [1.54, 1.807) is 0 Å². The Labute approximate surface area is 165 Å². The summed E-state index contributed by atoms with van der Waals surface area (Å²) < 4.78 is 0. The van der Waals surface area contributed by atoms with Gasteiger partial charge in [-0.15, -0.1) is 0 Å². The highest BCUT2D eigenvalue weighted by molar-refractivity contribution is 5.74. The van der Waals surface area contributed by atoms with Crippen LogP contribution in [0.3, 0.4) is 0 Å². The van der Waals surface area contributed by atoms with Crippen LogP contribution in [0.25, 0.3) is 11.1 Å². The number of fused-ring (bicyclic) bond motifs is 1. The summed E-state index contributed by atoms with van der Waals surface area (Å²) >= 11 is 0. The third-order valence-corrected chi connectivity index (χ3v) is 5.38. The molecule has 0 amide bonds. The van der Waals surface area contributed by atoms with Crippen molar-refractivity contribution in [1.29, 1.82) is 0 Å². The lowest BCUT2D eigenvalue weighted by molar-refractivity contribution is -0.138. The second kappa shape index (κ2) is 7.87. The van der Waals surface area contributed by atoms with Crippen LogP contribution in [0.4, 0.5) is 5.69 Å². The number of hydrogen-bond donors (Lipinski definition) is 2. The zero-order valence-corrected chi connectivity index (χ0v) is 15.7. The summed E-state index contributed by atoms with van der Waals surface area (Å²) in [6.07, 6.45) is 1.38. The third kappa shape index (κ3) is 3.92. The second-order valence-electron chi connectivity index (χ2n) is 7.34. The average Bonchev–Trinajstić information content (AvgIpc) is 2.73. The molecular weight excluding hydrogens is 348 g/mol. The fraction of sp³-hybridized carbons (Fsp3) is 0.208. The quantitative estimate of drug-likeness (QED) is 0.713. The highest BCUT2D eigenvalue weighted by Gasteiger charge is 2.17. The van der Waals surface area contributed by atoms with Crippen molar-refractivity contribution in [1.82, 2.24) is 0 Å². The molecule has 4 nitrogen and oxygen atoms in total. The minimum atomic E-state index is -0.974. The van der Waals surface area contributed by atoms with E-state index in [-0.39, 0.29) is 0 Å². The number of hydrogen-bond acceptors (Lipinski definition) is 3. The Bertz CT molecular complexity index is 999. The Kier molecular flexibility index (Phi) is 5.13. The first kappa shape index (κ1) is 18.3. The lowest BCUT2D eigenvalue weighted by Crippen LogP contribution is -2.32. The van der Waals surface area contributed by atoms with Crippen LogP contribution in [0.2, 0.25) is 0 Å². The first-order valence-electron chi connectivity index (χ1n) is 9.59. The molecule has 0 saturated heterocycles. The van der Waals surface area contributed by atoms with E-state index < -0.39 is 12.0 Å². The molecule has 28 heavy (non-hydrogen) atoms. The van der Waals surface area contributed by atoms with E-state index in [1.165, 1.54) is 16.8 Å². The molecule has 0 spiro atoms. The summed E-state index contributed by atoms with van der Waals surface area (Å²) in [5.41, 5.74) is 12.9. The van der Waals surface area contributed by atoms with Crippen molar-refractivity contribution in [2.24, 2.45) is 5.73 Å². The predicted molar refractivity (Wildman–Crippen MR) is 112 cm³/mol. The third-order valence-electron chi connectivity index (χ3n) is 5.38. The van der Waals surface area contributed by atoms with Gasteiger partial charge in [0.1, 0.15) is 6.04 Å². The summed E-state index contributed by atoms with van der Waals surface area (Å²) in [4.78, 5) is 13.4. The van der Waals surface area contributed by atoms with Crippen molar-refractivity contribution in [3.05, 3.63) is 89.5 Å². The molecule has 0 fully saturated rings. The van der Waals surface area contributed by atoms with Crippen molar-refractivity contribution in [2.75, 3.05) is 11.4 Å². The number of nitrogens with zero attached hydrogens (tertiary/aromatic N) is 1. The Balaban J connectivity index is 1.57. The van der Waals surface area contributed by atoms with E-state index in [9.17, 15) is 4.79 Å². The molecule has 1 atom stereocenters. The molecule has 1 unspecified atom stereocenters. The molecule has 1 aliphatic rings. The maximum atomic E-state index is 11.0. The summed E-state index contributed by atoms with van der Waals surface area (Å²) in [7, 11) is 0. The van der Waals surface area contributed by atoms with Gasteiger partial charge in [0.25, 0.3) is 0 Å². The van der Waals surface area contributed by atoms with Crippen LogP contribution in [0.15, 0.2) is 72.8 Å². The molecule has 0 aliphatic carbocycles. The molecule has 3 aromatic carbocycles. The van der Waals surface area contributed by atoms with Gasteiger partial charge in [-0.05, 0) is 52.8 Å².